The molecule has 0 unspecified atom stereocenters. The minimum atomic E-state index is -0.185. The molecule has 2 N–H and O–H groups in total. The van der Waals surface area contributed by atoms with Crippen LogP contribution in [0.1, 0.15) is 5.56 Å². The van der Waals surface area contributed by atoms with E-state index >= 15 is 0 Å². The second kappa shape index (κ2) is 3.94. The molecule has 0 saturated heterocycles. The summed E-state index contributed by atoms with van der Waals surface area (Å²) >= 11 is 3.20. The number of hydrogen-bond acceptors (Lipinski definition) is 3. The van der Waals surface area contributed by atoms with Gasteiger partial charge in [-0.1, -0.05) is 0 Å². The fraction of sp³-hybridized carbons (Fsp3) is 0.100. The molecule has 2 aromatic heterocycles. The average molecular weight is 269 g/mol. The third-order valence-corrected chi connectivity index (χ3v) is 2.44. The Hall–Kier alpha value is -1.49. The monoisotopic (exact) mass is 268 g/mol. The van der Waals surface area contributed by atoms with Gasteiger partial charge in [0.25, 0.3) is 5.56 Å². The van der Waals surface area contributed by atoms with Gasteiger partial charge in [0, 0.05) is 11.8 Å². The number of pyridine rings is 1. The maximum Gasteiger partial charge on any atom is 0.273 e. The van der Waals surface area contributed by atoms with E-state index in [2.05, 4.69) is 15.9 Å². The number of nitrogens with zero attached hydrogens (tertiary/aromatic N) is 1. The molecule has 4 nitrogen and oxygen atoms in total. The van der Waals surface area contributed by atoms with E-state index in [-0.39, 0.29) is 11.2 Å². The van der Waals surface area contributed by atoms with Crippen molar-refractivity contribution in [1.82, 2.24) is 4.57 Å². The van der Waals surface area contributed by atoms with Gasteiger partial charge in [0.05, 0.1) is 18.5 Å². The van der Waals surface area contributed by atoms with E-state index in [9.17, 15) is 4.79 Å². The van der Waals surface area contributed by atoms with E-state index in [0.717, 1.165) is 5.56 Å². The molecule has 0 aliphatic rings. The zero-order valence-corrected chi connectivity index (χ0v) is 9.40. The van der Waals surface area contributed by atoms with Crippen molar-refractivity contribution >= 4 is 21.6 Å². The molecule has 5 heteroatoms. The molecule has 0 aliphatic carbocycles. The average Bonchev–Trinajstić information content (AvgIpc) is 2.59. The highest BCUT2D eigenvalue weighted by atomic mass is 79.9. The number of nitrogens with two attached hydrogens (primary N) is 1. The fourth-order valence-electron chi connectivity index (χ4n) is 1.31. The third-order valence-electron chi connectivity index (χ3n) is 2.02. The number of aromatic nitrogens is 1. The minimum absolute atomic E-state index is 0.185. The summed E-state index contributed by atoms with van der Waals surface area (Å²) in [5.74, 6) is 0. The first-order valence-corrected chi connectivity index (χ1v) is 5.14. The predicted octanol–water partition coefficient (Wildman–Crippen LogP) is 1.83. The predicted molar refractivity (Wildman–Crippen MR) is 60.6 cm³/mol. The van der Waals surface area contributed by atoms with Gasteiger partial charge in [0.15, 0.2) is 4.67 Å². The van der Waals surface area contributed by atoms with Crippen molar-refractivity contribution in [3.05, 3.63) is 51.2 Å². The smallest absolute Gasteiger partial charge is 0.273 e. The summed E-state index contributed by atoms with van der Waals surface area (Å²) in [5, 5.41) is 0. The van der Waals surface area contributed by atoms with Crippen molar-refractivity contribution in [3.8, 4) is 0 Å². The van der Waals surface area contributed by atoms with E-state index in [4.69, 9.17) is 10.2 Å². The molecule has 0 spiro atoms. The Morgan fingerprint density at radius 3 is 3.00 bits per heavy atom. The number of nitrogen functional groups attached to an aromatic ring is 1. The highest BCUT2D eigenvalue weighted by Gasteiger charge is 2.03. The van der Waals surface area contributed by atoms with Crippen LogP contribution in [-0.2, 0) is 6.54 Å². The number of hydrogen-bond donors (Lipinski definition) is 1. The second-order valence-corrected chi connectivity index (χ2v) is 3.94. The van der Waals surface area contributed by atoms with Gasteiger partial charge in [-0.3, -0.25) is 4.79 Å². The van der Waals surface area contributed by atoms with Gasteiger partial charge in [-0.25, -0.2) is 0 Å². The van der Waals surface area contributed by atoms with Crippen LogP contribution >= 0.6 is 15.9 Å². The Morgan fingerprint density at radius 2 is 2.33 bits per heavy atom. The second-order valence-electron chi connectivity index (χ2n) is 3.16. The third kappa shape index (κ3) is 2.12. The van der Waals surface area contributed by atoms with E-state index in [1.54, 1.807) is 24.6 Å². The van der Waals surface area contributed by atoms with Crippen molar-refractivity contribution in [2.75, 3.05) is 5.73 Å². The van der Waals surface area contributed by atoms with Crippen LogP contribution in [0.25, 0.3) is 0 Å². The summed E-state index contributed by atoms with van der Waals surface area (Å²) < 4.78 is 7.26. The van der Waals surface area contributed by atoms with Crippen LogP contribution in [0.2, 0.25) is 0 Å². The lowest BCUT2D eigenvalue weighted by Crippen LogP contribution is -2.22. The molecular weight excluding hydrogens is 260 g/mol. The van der Waals surface area contributed by atoms with E-state index in [1.807, 2.05) is 6.07 Å². The molecule has 0 amide bonds. The van der Waals surface area contributed by atoms with E-state index in [0.29, 0.717) is 11.2 Å². The molecule has 2 heterocycles. The molecule has 0 aliphatic heterocycles. The maximum atomic E-state index is 11.6. The summed E-state index contributed by atoms with van der Waals surface area (Å²) in [6, 6.07) is 5.14. The maximum absolute atomic E-state index is 11.6. The fourth-order valence-corrected chi connectivity index (χ4v) is 1.69. The topological polar surface area (TPSA) is 61.2 Å². The first-order valence-electron chi connectivity index (χ1n) is 4.34. The van der Waals surface area contributed by atoms with Gasteiger partial charge < -0.3 is 14.7 Å². The van der Waals surface area contributed by atoms with Crippen molar-refractivity contribution in [2.24, 2.45) is 0 Å². The summed E-state index contributed by atoms with van der Waals surface area (Å²) in [4.78, 5) is 11.6. The number of anilines is 1. The molecule has 0 fully saturated rings. The van der Waals surface area contributed by atoms with Crippen LogP contribution in [0.15, 0.2) is 44.5 Å². The molecule has 15 heavy (non-hydrogen) atoms. The van der Waals surface area contributed by atoms with Gasteiger partial charge in [-0.15, -0.1) is 0 Å². The Balaban J connectivity index is 2.32. The standard InChI is InChI=1S/C10H9BrN2O2/c11-9-4-7(6-15-9)5-13-3-1-2-8(12)10(13)14/h1-4,6H,5,12H2. The van der Waals surface area contributed by atoms with Crippen LogP contribution in [0.4, 0.5) is 5.69 Å². The molecule has 78 valence electrons. The van der Waals surface area contributed by atoms with E-state index in [1.165, 1.54) is 4.57 Å². The van der Waals surface area contributed by atoms with Gasteiger partial charge in [-0.2, -0.15) is 0 Å². The first kappa shape index (κ1) is 10.0. The van der Waals surface area contributed by atoms with Crippen LogP contribution in [0.5, 0.6) is 0 Å². The van der Waals surface area contributed by atoms with Gasteiger partial charge in [0.1, 0.15) is 0 Å². The number of halogens is 1. The molecule has 0 saturated carbocycles. The summed E-state index contributed by atoms with van der Waals surface area (Å²) in [7, 11) is 0. The zero-order chi connectivity index (χ0) is 10.8. The van der Waals surface area contributed by atoms with Crippen molar-refractivity contribution in [1.29, 1.82) is 0 Å². The Morgan fingerprint density at radius 1 is 1.53 bits per heavy atom. The van der Waals surface area contributed by atoms with Crippen LogP contribution in [-0.4, -0.2) is 4.57 Å². The lowest BCUT2D eigenvalue weighted by Gasteiger charge is -2.03. The molecule has 2 rings (SSSR count). The first-order chi connectivity index (χ1) is 7.16. The molecule has 2 aromatic rings. The van der Waals surface area contributed by atoms with Crippen LogP contribution in [0.3, 0.4) is 0 Å². The molecule has 0 radical (unpaired) electrons. The SMILES string of the molecule is Nc1cccn(Cc2coc(Br)c2)c1=O. The summed E-state index contributed by atoms with van der Waals surface area (Å²) in [5.41, 5.74) is 6.49. The molecule has 0 atom stereocenters. The molecular formula is C10H9BrN2O2. The van der Waals surface area contributed by atoms with Crippen molar-refractivity contribution in [2.45, 2.75) is 6.54 Å². The van der Waals surface area contributed by atoms with Gasteiger partial charge in [-0.05, 0) is 34.1 Å². The lowest BCUT2D eigenvalue weighted by molar-refractivity contribution is 0.537. The van der Waals surface area contributed by atoms with Crippen LogP contribution < -0.4 is 11.3 Å². The Labute approximate surface area is 94.4 Å². The highest BCUT2D eigenvalue weighted by Crippen LogP contribution is 2.14. The quantitative estimate of drug-likeness (QED) is 0.904. The van der Waals surface area contributed by atoms with Gasteiger partial charge >= 0.3 is 0 Å². The zero-order valence-electron chi connectivity index (χ0n) is 7.81. The number of rotatable bonds is 2. The summed E-state index contributed by atoms with van der Waals surface area (Å²) in [6.07, 6.45) is 3.29. The van der Waals surface area contributed by atoms with Crippen molar-refractivity contribution in [3.63, 3.8) is 0 Å². The van der Waals surface area contributed by atoms with Crippen molar-refractivity contribution < 1.29 is 4.42 Å². The molecule has 0 aromatic carbocycles. The minimum Gasteiger partial charge on any atom is -0.457 e. The lowest BCUT2D eigenvalue weighted by atomic mass is 10.3. The Kier molecular flexibility index (Phi) is 2.64. The summed E-state index contributed by atoms with van der Waals surface area (Å²) in [6.45, 7) is 0.457. The van der Waals surface area contributed by atoms with Gasteiger partial charge in [0.2, 0.25) is 0 Å². The number of furan rings is 1. The highest BCUT2D eigenvalue weighted by molar-refractivity contribution is 9.10. The molecule has 0 bridgehead atoms. The van der Waals surface area contributed by atoms with Crippen LogP contribution in [0, 0.1) is 0 Å². The van der Waals surface area contributed by atoms with E-state index < -0.39 is 0 Å². The normalized spacial score (nSPS) is 10.5. The largest absolute Gasteiger partial charge is 0.457 e. The Bertz CT molecular complexity index is 530.